The van der Waals surface area contributed by atoms with E-state index in [0.29, 0.717) is 5.54 Å². The van der Waals surface area contributed by atoms with E-state index >= 15 is 0 Å². The summed E-state index contributed by atoms with van der Waals surface area (Å²) in [4.78, 5) is 0. The molecular formula is C26H24Si. The molecule has 0 radical (unpaired) electrons. The molecule has 4 aromatic carbocycles. The zero-order chi connectivity index (χ0) is 18.6. The van der Waals surface area contributed by atoms with Crippen LogP contribution in [0.15, 0.2) is 78.9 Å². The Morgan fingerprint density at radius 1 is 0.630 bits per heavy atom. The van der Waals surface area contributed by atoms with Gasteiger partial charge in [-0.2, -0.15) is 0 Å². The second kappa shape index (κ2) is 5.93. The fraction of sp³-hybridized carbons (Fsp3) is 0.154. The summed E-state index contributed by atoms with van der Waals surface area (Å²) in [6.45, 7) is 7.48. The minimum Gasteiger partial charge on any atom is -0.0688 e. The zero-order valence-electron chi connectivity index (χ0n) is 16.2. The SMILES string of the molecule is C[Si](C)(C)C1C(c2ccccc2)=Cc2c1ccc1c2ccc2ccccc21. The summed E-state index contributed by atoms with van der Waals surface area (Å²) in [6, 6.07) is 29.0. The van der Waals surface area contributed by atoms with Crippen molar-refractivity contribution in [2.24, 2.45) is 0 Å². The summed E-state index contributed by atoms with van der Waals surface area (Å²) in [5, 5.41) is 5.42. The Balaban J connectivity index is 1.83. The summed E-state index contributed by atoms with van der Waals surface area (Å²) in [5.74, 6) is 0. The van der Waals surface area contributed by atoms with Gasteiger partial charge in [0.25, 0.3) is 0 Å². The van der Waals surface area contributed by atoms with E-state index in [1.807, 2.05) is 0 Å². The van der Waals surface area contributed by atoms with Gasteiger partial charge in [-0.3, -0.25) is 0 Å². The van der Waals surface area contributed by atoms with Gasteiger partial charge in [-0.1, -0.05) is 98.5 Å². The Morgan fingerprint density at radius 2 is 1.33 bits per heavy atom. The van der Waals surface area contributed by atoms with Gasteiger partial charge in [0.2, 0.25) is 0 Å². The molecule has 132 valence electrons. The Hall–Kier alpha value is -2.64. The molecular weight excluding hydrogens is 340 g/mol. The molecule has 0 saturated carbocycles. The van der Waals surface area contributed by atoms with Crippen LogP contribution >= 0.6 is 0 Å². The van der Waals surface area contributed by atoms with Crippen LogP contribution in [0.1, 0.15) is 22.2 Å². The van der Waals surface area contributed by atoms with E-state index in [0.717, 1.165) is 0 Å². The molecule has 4 aromatic rings. The smallest absolute Gasteiger partial charge is 0.0574 e. The summed E-state index contributed by atoms with van der Waals surface area (Å²) in [5.41, 5.74) is 6.38. The van der Waals surface area contributed by atoms with E-state index < -0.39 is 8.07 Å². The van der Waals surface area contributed by atoms with Gasteiger partial charge in [0, 0.05) is 5.54 Å². The molecule has 0 fully saturated rings. The average Bonchev–Trinajstić information content (AvgIpc) is 3.09. The summed E-state index contributed by atoms with van der Waals surface area (Å²) in [6.07, 6.45) is 2.48. The van der Waals surface area contributed by atoms with Gasteiger partial charge in [-0.15, -0.1) is 0 Å². The Bertz CT molecular complexity index is 1190. The predicted molar refractivity (Wildman–Crippen MR) is 122 cm³/mol. The van der Waals surface area contributed by atoms with Crippen molar-refractivity contribution in [3.8, 4) is 0 Å². The van der Waals surface area contributed by atoms with Crippen LogP contribution in [-0.4, -0.2) is 8.07 Å². The zero-order valence-corrected chi connectivity index (χ0v) is 17.2. The molecule has 0 aliphatic heterocycles. The van der Waals surface area contributed by atoms with Gasteiger partial charge in [0.1, 0.15) is 0 Å². The van der Waals surface area contributed by atoms with Gasteiger partial charge < -0.3 is 0 Å². The van der Waals surface area contributed by atoms with Crippen LogP contribution < -0.4 is 0 Å². The van der Waals surface area contributed by atoms with E-state index in [4.69, 9.17) is 0 Å². The monoisotopic (exact) mass is 364 g/mol. The number of hydrogen-bond donors (Lipinski definition) is 0. The number of benzene rings is 4. The van der Waals surface area contributed by atoms with E-state index in [9.17, 15) is 0 Å². The molecule has 0 heterocycles. The van der Waals surface area contributed by atoms with Gasteiger partial charge in [0.15, 0.2) is 0 Å². The highest BCUT2D eigenvalue weighted by atomic mass is 28.3. The maximum absolute atomic E-state index is 2.49. The molecule has 0 nitrogen and oxygen atoms in total. The molecule has 1 atom stereocenters. The average molecular weight is 365 g/mol. The second-order valence-corrected chi connectivity index (χ2v) is 14.0. The summed E-state index contributed by atoms with van der Waals surface area (Å²) < 4.78 is 0. The Kier molecular flexibility index (Phi) is 3.63. The van der Waals surface area contributed by atoms with E-state index in [1.54, 1.807) is 0 Å². The minimum atomic E-state index is -1.43. The van der Waals surface area contributed by atoms with Crippen LogP contribution in [0.3, 0.4) is 0 Å². The Labute approximate surface area is 162 Å². The van der Waals surface area contributed by atoms with Gasteiger partial charge in [-0.05, 0) is 49.9 Å². The molecule has 1 aliphatic carbocycles. The molecule has 0 saturated heterocycles. The molecule has 0 aromatic heterocycles. The quantitative estimate of drug-likeness (QED) is 0.255. The third-order valence-corrected chi connectivity index (χ3v) is 8.25. The first kappa shape index (κ1) is 16.5. The number of allylic oxidation sites excluding steroid dienone is 1. The largest absolute Gasteiger partial charge is 0.0688 e. The molecule has 0 N–H and O–H groups in total. The number of rotatable bonds is 2. The molecule has 1 aliphatic rings. The normalized spacial score (nSPS) is 16.6. The first-order chi connectivity index (χ1) is 13.0. The second-order valence-electron chi connectivity index (χ2n) is 8.72. The molecule has 1 heteroatoms. The highest BCUT2D eigenvalue weighted by molar-refractivity contribution is 6.79. The topological polar surface area (TPSA) is 0 Å². The molecule has 27 heavy (non-hydrogen) atoms. The first-order valence-corrected chi connectivity index (χ1v) is 13.3. The van der Waals surface area contributed by atoms with Crippen molar-refractivity contribution in [3.05, 3.63) is 95.6 Å². The molecule has 5 rings (SSSR count). The maximum Gasteiger partial charge on any atom is 0.0574 e. The van der Waals surface area contributed by atoms with Crippen molar-refractivity contribution in [2.45, 2.75) is 25.2 Å². The highest BCUT2D eigenvalue weighted by Gasteiger charge is 2.37. The maximum atomic E-state index is 2.49. The van der Waals surface area contributed by atoms with Crippen molar-refractivity contribution >= 4 is 41.3 Å². The minimum absolute atomic E-state index is 0.547. The Morgan fingerprint density at radius 3 is 2.11 bits per heavy atom. The first-order valence-electron chi connectivity index (χ1n) is 9.75. The van der Waals surface area contributed by atoms with Crippen molar-refractivity contribution in [2.75, 3.05) is 0 Å². The summed E-state index contributed by atoms with van der Waals surface area (Å²) >= 11 is 0. The van der Waals surface area contributed by atoms with Crippen molar-refractivity contribution in [1.29, 1.82) is 0 Å². The van der Waals surface area contributed by atoms with Crippen LogP contribution in [0.4, 0.5) is 0 Å². The van der Waals surface area contributed by atoms with Crippen LogP contribution in [0.5, 0.6) is 0 Å². The molecule has 0 amide bonds. The fourth-order valence-electron chi connectivity index (χ4n) is 4.76. The number of hydrogen-bond acceptors (Lipinski definition) is 0. The van der Waals surface area contributed by atoms with E-state index in [2.05, 4.69) is 105 Å². The van der Waals surface area contributed by atoms with Crippen LogP contribution in [0.2, 0.25) is 19.6 Å². The molecule has 1 unspecified atom stereocenters. The number of fused-ring (bicyclic) bond motifs is 5. The van der Waals surface area contributed by atoms with Crippen molar-refractivity contribution in [1.82, 2.24) is 0 Å². The lowest BCUT2D eigenvalue weighted by molar-refractivity contribution is 1.18. The standard InChI is InChI=1S/C26H24Si/c1-27(2,3)26-23-16-15-21-20-12-8-7-11-19(20)13-14-22(21)25(23)17-24(26)18-9-5-4-6-10-18/h4-17,26H,1-3H3. The third-order valence-electron chi connectivity index (χ3n) is 5.90. The lowest BCUT2D eigenvalue weighted by Gasteiger charge is -2.29. The van der Waals surface area contributed by atoms with Crippen molar-refractivity contribution < 1.29 is 0 Å². The van der Waals surface area contributed by atoms with E-state index in [-0.39, 0.29) is 0 Å². The fourth-order valence-corrected chi connectivity index (χ4v) is 7.13. The lowest BCUT2D eigenvalue weighted by atomic mass is 9.96. The predicted octanol–water partition coefficient (Wildman–Crippen LogP) is 7.51. The van der Waals surface area contributed by atoms with Crippen LogP contribution in [0.25, 0.3) is 33.2 Å². The third kappa shape index (κ3) is 2.57. The highest BCUT2D eigenvalue weighted by Crippen LogP contribution is 2.49. The van der Waals surface area contributed by atoms with Crippen LogP contribution in [0, 0.1) is 0 Å². The van der Waals surface area contributed by atoms with Gasteiger partial charge in [0.05, 0.1) is 8.07 Å². The van der Waals surface area contributed by atoms with E-state index in [1.165, 1.54) is 43.8 Å². The lowest BCUT2D eigenvalue weighted by Crippen LogP contribution is -2.30. The van der Waals surface area contributed by atoms with Gasteiger partial charge in [-0.25, -0.2) is 0 Å². The molecule has 0 bridgehead atoms. The summed E-state index contributed by atoms with van der Waals surface area (Å²) in [7, 11) is -1.43. The molecule has 0 spiro atoms. The van der Waals surface area contributed by atoms with Gasteiger partial charge >= 0.3 is 0 Å². The van der Waals surface area contributed by atoms with Crippen molar-refractivity contribution in [3.63, 3.8) is 0 Å². The van der Waals surface area contributed by atoms with Crippen LogP contribution in [-0.2, 0) is 0 Å².